The minimum Gasteiger partial charge on any atom is -0.481 e. The van der Waals surface area contributed by atoms with Crippen molar-refractivity contribution in [1.29, 1.82) is 0 Å². The van der Waals surface area contributed by atoms with Crippen molar-refractivity contribution in [2.45, 2.75) is 37.6 Å². The van der Waals surface area contributed by atoms with E-state index in [0.29, 0.717) is 13.0 Å². The topological polar surface area (TPSA) is 105 Å². The third kappa shape index (κ3) is 3.54. The summed E-state index contributed by atoms with van der Waals surface area (Å²) in [7, 11) is 0. The van der Waals surface area contributed by atoms with Crippen LogP contribution in [0.15, 0.2) is 48.5 Å². The number of carboxylic acids is 1. The largest absolute Gasteiger partial charge is 0.481 e. The lowest BCUT2D eigenvalue weighted by atomic mass is 9.98. The van der Waals surface area contributed by atoms with Crippen LogP contribution < -0.4 is 10.6 Å². The van der Waals surface area contributed by atoms with E-state index in [4.69, 9.17) is 4.74 Å². The molecule has 7 heteroatoms. The lowest BCUT2D eigenvalue weighted by Crippen LogP contribution is -2.37. The average Bonchev–Trinajstić information content (AvgIpc) is 3.70. The van der Waals surface area contributed by atoms with Crippen molar-refractivity contribution in [2.24, 2.45) is 23.2 Å². The van der Waals surface area contributed by atoms with Gasteiger partial charge in [0.2, 0.25) is 5.91 Å². The lowest BCUT2D eigenvalue weighted by Gasteiger charge is -2.16. The minimum absolute atomic E-state index is 0.0179. The van der Waals surface area contributed by atoms with Crippen molar-refractivity contribution in [3.05, 3.63) is 59.7 Å². The maximum absolute atomic E-state index is 12.5. The van der Waals surface area contributed by atoms with Gasteiger partial charge in [-0.05, 0) is 59.8 Å². The number of carboxylic acid groups (broad SMARTS) is 1. The van der Waals surface area contributed by atoms with Crippen LogP contribution in [0.4, 0.5) is 4.79 Å². The molecule has 0 aliphatic heterocycles. The number of rotatable bonds is 7. The number of hydrogen-bond acceptors (Lipinski definition) is 4. The van der Waals surface area contributed by atoms with Gasteiger partial charge in [-0.2, -0.15) is 0 Å². The van der Waals surface area contributed by atoms with Gasteiger partial charge in [0.15, 0.2) is 0 Å². The van der Waals surface area contributed by atoms with E-state index in [1.165, 1.54) is 22.3 Å². The van der Waals surface area contributed by atoms with E-state index >= 15 is 0 Å². The Morgan fingerprint density at radius 1 is 0.971 bits per heavy atom. The molecule has 0 heterocycles. The molecule has 3 saturated carbocycles. The number of nitrogens with one attached hydrogen (secondary N) is 2. The monoisotopic (exact) mass is 460 g/mol. The Kier molecular flexibility index (Phi) is 4.90. The van der Waals surface area contributed by atoms with Crippen LogP contribution in [0, 0.1) is 23.2 Å². The Morgan fingerprint density at radius 2 is 1.65 bits per heavy atom. The molecule has 0 radical (unpaired) electrons. The summed E-state index contributed by atoms with van der Waals surface area (Å²) in [5, 5.41) is 15.2. The van der Waals surface area contributed by atoms with Crippen molar-refractivity contribution in [1.82, 2.24) is 10.6 Å². The summed E-state index contributed by atoms with van der Waals surface area (Å²) in [5.41, 5.74) is 4.13. The molecule has 5 atom stereocenters. The molecule has 2 aromatic rings. The van der Waals surface area contributed by atoms with Gasteiger partial charge in [-0.1, -0.05) is 48.5 Å². The van der Waals surface area contributed by atoms with E-state index in [1.54, 1.807) is 0 Å². The fourth-order valence-electron chi connectivity index (χ4n) is 6.23. The predicted octanol–water partition coefficient (Wildman–Crippen LogP) is 3.53. The summed E-state index contributed by atoms with van der Waals surface area (Å²) in [5.74, 6) is -0.543. The fraction of sp³-hybridized carbons (Fsp3) is 0.444. The van der Waals surface area contributed by atoms with Crippen LogP contribution in [-0.2, 0) is 14.3 Å². The Balaban J connectivity index is 0.962. The number of benzene rings is 2. The number of aliphatic carboxylic acids is 1. The van der Waals surface area contributed by atoms with Crippen molar-refractivity contribution in [2.75, 3.05) is 13.2 Å². The molecule has 176 valence electrons. The number of hydrogen-bond donors (Lipinski definition) is 3. The number of amides is 2. The number of alkyl carbamates (subject to hydrolysis) is 1. The van der Waals surface area contributed by atoms with Crippen LogP contribution in [0.3, 0.4) is 0 Å². The Morgan fingerprint density at radius 3 is 2.29 bits per heavy atom. The number of carbonyl (C=O) groups excluding carboxylic acids is 2. The highest BCUT2D eigenvalue weighted by Gasteiger charge is 2.65. The summed E-state index contributed by atoms with van der Waals surface area (Å²) in [6.07, 6.45) is 2.30. The highest BCUT2D eigenvalue weighted by Crippen LogP contribution is 2.63. The maximum atomic E-state index is 12.5. The van der Waals surface area contributed by atoms with Crippen molar-refractivity contribution in [3.63, 3.8) is 0 Å². The Labute approximate surface area is 197 Å². The fourth-order valence-corrected chi connectivity index (χ4v) is 6.23. The van der Waals surface area contributed by atoms with E-state index in [9.17, 15) is 19.5 Å². The minimum atomic E-state index is -0.731. The maximum Gasteiger partial charge on any atom is 0.407 e. The summed E-state index contributed by atoms with van der Waals surface area (Å²) < 4.78 is 5.57. The van der Waals surface area contributed by atoms with Crippen LogP contribution in [0.25, 0.3) is 11.1 Å². The van der Waals surface area contributed by atoms with Gasteiger partial charge in [-0.3, -0.25) is 9.59 Å². The third-order valence-electron chi connectivity index (χ3n) is 8.30. The SMILES string of the molecule is O=C(NC[C@@H]1C[C@@H]1C(=O)N[C@@H]1C[C@H]2C[C@@]2(C(=O)O)C1)OCC1c2ccccc2-c2ccccc21. The van der Waals surface area contributed by atoms with Gasteiger partial charge in [0.05, 0.1) is 5.41 Å². The quantitative estimate of drug-likeness (QED) is 0.586. The molecule has 2 aromatic carbocycles. The van der Waals surface area contributed by atoms with Crippen molar-refractivity contribution >= 4 is 18.0 Å². The smallest absolute Gasteiger partial charge is 0.407 e. The molecule has 7 nitrogen and oxygen atoms in total. The van der Waals surface area contributed by atoms with Gasteiger partial charge < -0.3 is 20.5 Å². The molecule has 0 saturated heterocycles. The highest BCUT2D eigenvalue weighted by atomic mass is 16.5. The van der Waals surface area contributed by atoms with Crippen LogP contribution >= 0.6 is 0 Å². The van der Waals surface area contributed by atoms with E-state index in [0.717, 1.165) is 19.3 Å². The molecule has 0 bridgehead atoms. The summed E-state index contributed by atoms with van der Waals surface area (Å²) in [6, 6.07) is 16.4. The first-order chi connectivity index (χ1) is 16.5. The van der Waals surface area contributed by atoms with E-state index in [2.05, 4.69) is 34.9 Å². The average molecular weight is 461 g/mol. The second-order valence-electron chi connectivity index (χ2n) is 10.3. The standard InChI is InChI=1S/C27H28N2O5/c30-24(29-17-10-16-11-27(16,12-17)25(31)32)22-9-15(22)13-28-26(33)34-14-23-20-7-3-1-5-18(20)19-6-2-4-8-21(19)23/h1-8,15-17,22-23H,9-14H2,(H,28,33)(H,29,30)(H,31,32)/t15-,16-,17+,22-,27+/m0/s1. The number of carbonyl (C=O) groups is 3. The molecule has 4 aliphatic carbocycles. The van der Waals surface area contributed by atoms with Crippen molar-refractivity contribution in [3.8, 4) is 11.1 Å². The predicted molar refractivity (Wildman–Crippen MR) is 124 cm³/mol. The molecule has 2 amide bonds. The van der Waals surface area contributed by atoms with Gasteiger partial charge in [-0.15, -0.1) is 0 Å². The molecule has 0 unspecified atom stereocenters. The number of fused-ring (bicyclic) bond motifs is 4. The molecule has 0 spiro atoms. The first-order valence-electron chi connectivity index (χ1n) is 12.1. The van der Waals surface area contributed by atoms with Crippen molar-refractivity contribution < 1.29 is 24.2 Å². The van der Waals surface area contributed by atoms with Crippen LogP contribution in [0.2, 0.25) is 0 Å². The van der Waals surface area contributed by atoms with Crippen LogP contribution in [0.1, 0.15) is 42.7 Å². The summed E-state index contributed by atoms with van der Waals surface area (Å²) in [4.78, 5) is 36.3. The molecule has 34 heavy (non-hydrogen) atoms. The second kappa shape index (κ2) is 7.86. The molecule has 6 rings (SSSR count). The lowest BCUT2D eigenvalue weighted by molar-refractivity contribution is -0.143. The zero-order valence-electron chi connectivity index (χ0n) is 18.8. The summed E-state index contributed by atoms with van der Waals surface area (Å²) >= 11 is 0. The van der Waals surface area contributed by atoms with Gasteiger partial charge in [0, 0.05) is 24.4 Å². The highest BCUT2D eigenvalue weighted by molar-refractivity contribution is 5.83. The zero-order chi connectivity index (χ0) is 23.4. The van der Waals surface area contributed by atoms with E-state index < -0.39 is 17.5 Å². The molecule has 3 fully saturated rings. The first-order valence-corrected chi connectivity index (χ1v) is 12.1. The van der Waals surface area contributed by atoms with Gasteiger partial charge in [0.1, 0.15) is 6.61 Å². The van der Waals surface area contributed by atoms with Gasteiger partial charge >= 0.3 is 12.1 Å². The molecular weight excluding hydrogens is 432 g/mol. The van der Waals surface area contributed by atoms with Crippen LogP contribution in [-0.4, -0.2) is 42.3 Å². The number of ether oxygens (including phenoxy) is 1. The van der Waals surface area contributed by atoms with E-state index in [1.807, 2.05) is 24.3 Å². The molecular formula is C27H28N2O5. The third-order valence-corrected chi connectivity index (χ3v) is 8.30. The van der Waals surface area contributed by atoms with E-state index in [-0.39, 0.29) is 42.2 Å². The molecule has 3 N–H and O–H groups in total. The summed E-state index contributed by atoms with van der Waals surface area (Å²) in [6.45, 7) is 0.670. The zero-order valence-corrected chi connectivity index (χ0v) is 18.8. The van der Waals surface area contributed by atoms with Gasteiger partial charge in [-0.25, -0.2) is 4.79 Å². The first kappa shape index (κ1) is 21.2. The van der Waals surface area contributed by atoms with Crippen LogP contribution in [0.5, 0.6) is 0 Å². The molecule has 0 aromatic heterocycles. The van der Waals surface area contributed by atoms with Gasteiger partial charge in [0.25, 0.3) is 0 Å². The second-order valence-corrected chi connectivity index (χ2v) is 10.3. The Bertz CT molecular complexity index is 1130. The molecule has 4 aliphatic rings. The normalized spacial score (nSPS) is 30.0. The Hall–Kier alpha value is -3.35.